The van der Waals surface area contributed by atoms with E-state index in [1.54, 1.807) is 6.07 Å². The van der Waals surface area contributed by atoms with Crippen molar-refractivity contribution in [3.8, 4) is 0 Å². The summed E-state index contributed by atoms with van der Waals surface area (Å²) in [6, 6.07) is 3.25. The van der Waals surface area contributed by atoms with Crippen LogP contribution in [0.2, 0.25) is 0 Å². The smallest absolute Gasteiger partial charge is 0.345 e. The Morgan fingerprint density at radius 3 is 2.94 bits per heavy atom. The summed E-state index contributed by atoms with van der Waals surface area (Å²) in [5.41, 5.74) is -0.120. The molecular weight excluding hydrogens is 355 g/mol. The zero-order chi connectivity index (χ0) is 12.4. The maximum Gasteiger partial charge on any atom is 0.345 e. The van der Waals surface area contributed by atoms with Crippen LogP contribution >= 0.6 is 33.9 Å². The Morgan fingerprint density at radius 1 is 1.53 bits per heavy atom. The molecule has 88 valence electrons. The van der Waals surface area contributed by atoms with Crippen LogP contribution in [-0.4, -0.2) is 20.6 Å². The molecule has 0 spiro atoms. The number of nitrogens with zero attached hydrogens (tertiary/aromatic N) is 2. The molecule has 0 aliphatic rings. The van der Waals surface area contributed by atoms with Gasteiger partial charge in [-0.1, -0.05) is 0 Å². The zero-order valence-corrected chi connectivity index (χ0v) is 11.4. The van der Waals surface area contributed by atoms with E-state index in [4.69, 9.17) is 5.11 Å². The van der Waals surface area contributed by atoms with Crippen molar-refractivity contribution >= 4 is 39.9 Å². The number of hydrogen-bond acceptors (Lipinski definition) is 4. The maximum atomic E-state index is 11.7. The second-order valence-electron chi connectivity index (χ2n) is 3.25. The van der Waals surface area contributed by atoms with Crippen molar-refractivity contribution in [2.24, 2.45) is 0 Å². The quantitative estimate of drug-likeness (QED) is 0.843. The molecule has 17 heavy (non-hydrogen) atoms. The molecular formula is C10H7IN2O3S. The molecule has 0 aliphatic heterocycles. The Hall–Kier alpha value is -1.22. The van der Waals surface area contributed by atoms with Crippen LogP contribution in [0.4, 0.5) is 0 Å². The van der Waals surface area contributed by atoms with Crippen LogP contribution in [0.15, 0.2) is 29.5 Å². The molecule has 0 atom stereocenters. The summed E-state index contributed by atoms with van der Waals surface area (Å²) in [6.07, 6.45) is 2.95. The van der Waals surface area contributed by atoms with Gasteiger partial charge in [-0.2, -0.15) is 0 Å². The minimum Gasteiger partial charge on any atom is -0.477 e. The van der Waals surface area contributed by atoms with E-state index >= 15 is 0 Å². The van der Waals surface area contributed by atoms with E-state index in [1.165, 1.54) is 23.2 Å². The van der Waals surface area contributed by atoms with Crippen molar-refractivity contribution in [2.75, 3.05) is 0 Å². The Morgan fingerprint density at radius 2 is 2.29 bits per heavy atom. The highest BCUT2D eigenvalue weighted by atomic mass is 127. The van der Waals surface area contributed by atoms with E-state index in [9.17, 15) is 9.59 Å². The SMILES string of the molecule is O=C(O)c1ccc(Cn2cncc(I)c2=O)s1. The number of thiophene rings is 1. The molecule has 1 N–H and O–H groups in total. The van der Waals surface area contributed by atoms with Gasteiger partial charge in [0.25, 0.3) is 5.56 Å². The molecule has 2 aromatic rings. The topological polar surface area (TPSA) is 72.2 Å². The van der Waals surface area contributed by atoms with Gasteiger partial charge in [0.05, 0.1) is 16.4 Å². The highest BCUT2D eigenvalue weighted by Gasteiger charge is 2.08. The third-order valence-electron chi connectivity index (χ3n) is 2.06. The molecule has 7 heteroatoms. The van der Waals surface area contributed by atoms with Crippen LogP contribution < -0.4 is 5.56 Å². The van der Waals surface area contributed by atoms with Crippen LogP contribution in [0, 0.1) is 3.57 Å². The van der Waals surface area contributed by atoms with Gasteiger partial charge in [-0.15, -0.1) is 11.3 Å². The molecule has 0 fully saturated rings. The van der Waals surface area contributed by atoms with Crippen molar-refractivity contribution in [2.45, 2.75) is 6.54 Å². The van der Waals surface area contributed by atoms with Gasteiger partial charge in [0.15, 0.2) is 0 Å². The van der Waals surface area contributed by atoms with Gasteiger partial charge in [0.1, 0.15) is 4.88 Å². The van der Waals surface area contributed by atoms with Gasteiger partial charge < -0.3 is 5.11 Å². The summed E-state index contributed by atoms with van der Waals surface area (Å²) in [5.74, 6) is -0.950. The Balaban J connectivity index is 2.28. The highest BCUT2D eigenvalue weighted by Crippen LogP contribution is 2.16. The van der Waals surface area contributed by atoms with Crippen molar-refractivity contribution in [1.82, 2.24) is 9.55 Å². The molecule has 0 aliphatic carbocycles. The van der Waals surface area contributed by atoms with E-state index in [0.29, 0.717) is 10.1 Å². The van der Waals surface area contributed by atoms with E-state index in [-0.39, 0.29) is 10.4 Å². The van der Waals surface area contributed by atoms with E-state index < -0.39 is 5.97 Å². The molecule has 0 radical (unpaired) electrons. The first-order chi connectivity index (χ1) is 8.08. The number of carbonyl (C=O) groups is 1. The highest BCUT2D eigenvalue weighted by molar-refractivity contribution is 14.1. The molecule has 2 heterocycles. The Labute approximate surface area is 114 Å². The number of hydrogen-bond donors (Lipinski definition) is 1. The number of rotatable bonds is 3. The third kappa shape index (κ3) is 2.72. The first-order valence-corrected chi connectivity index (χ1v) is 6.49. The average molecular weight is 362 g/mol. The number of carboxylic acid groups (broad SMARTS) is 1. The largest absolute Gasteiger partial charge is 0.477 e. The minimum absolute atomic E-state index is 0.120. The lowest BCUT2D eigenvalue weighted by Gasteiger charge is -2.02. The second-order valence-corrected chi connectivity index (χ2v) is 5.58. The fourth-order valence-electron chi connectivity index (χ4n) is 1.28. The zero-order valence-electron chi connectivity index (χ0n) is 8.46. The summed E-state index contributed by atoms with van der Waals surface area (Å²) in [7, 11) is 0. The van der Waals surface area contributed by atoms with Gasteiger partial charge in [0, 0.05) is 11.1 Å². The van der Waals surface area contributed by atoms with Gasteiger partial charge in [-0.25, -0.2) is 9.78 Å². The van der Waals surface area contributed by atoms with Crippen molar-refractivity contribution in [3.05, 3.63) is 48.3 Å². The lowest BCUT2D eigenvalue weighted by Crippen LogP contribution is -2.22. The first kappa shape index (κ1) is 12.2. The van der Waals surface area contributed by atoms with Crippen LogP contribution in [-0.2, 0) is 6.54 Å². The first-order valence-electron chi connectivity index (χ1n) is 4.60. The molecule has 0 aromatic carbocycles. The molecule has 2 rings (SSSR count). The molecule has 0 amide bonds. The van der Waals surface area contributed by atoms with E-state index in [1.807, 2.05) is 22.6 Å². The number of carboxylic acids is 1. The predicted molar refractivity (Wildman–Crippen MR) is 71.6 cm³/mol. The summed E-state index contributed by atoms with van der Waals surface area (Å²) in [5, 5.41) is 8.79. The minimum atomic E-state index is -0.950. The van der Waals surface area contributed by atoms with Crippen molar-refractivity contribution in [3.63, 3.8) is 0 Å². The summed E-state index contributed by atoms with van der Waals surface area (Å²) in [6.45, 7) is 0.348. The van der Waals surface area contributed by atoms with Crippen LogP contribution in [0.3, 0.4) is 0 Å². The predicted octanol–water partition coefficient (Wildman–Crippen LogP) is 1.66. The van der Waals surface area contributed by atoms with Crippen LogP contribution in [0.5, 0.6) is 0 Å². The van der Waals surface area contributed by atoms with Gasteiger partial charge >= 0.3 is 5.97 Å². The summed E-state index contributed by atoms with van der Waals surface area (Å²) < 4.78 is 2.00. The van der Waals surface area contributed by atoms with Gasteiger partial charge in [-0.3, -0.25) is 9.36 Å². The third-order valence-corrected chi connectivity index (χ3v) is 3.86. The number of aromatic nitrogens is 2. The van der Waals surface area contributed by atoms with Crippen LogP contribution in [0.25, 0.3) is 0 Å². The fraction of sp³-hybridized carbons (Fsp3) is 0.100. The van der Waals surface area contributed by atoms with E-state index in [2.05, 4.69) is 4.98 Å². The van der Waals surface area contributed by atoms with Gasteiger partial charge in [-0.05, 0) is 34.7 Å². The molecule has 0 saturated heterocycles. The molecule has 5 nitrogen and oxygen atoms in total. The van der Waals surface area contributed by atoms with E-state index in [0.717, 1.165) is 16.2 Å². The Bertz CT molecular complexity index is 620. The van der Waals surface area contributed by atoms with Gasteiger partial charge in [0.2, 0.25) is 0 Å². The monoisotopic (exact) mass is 362 g/mol. The number of halogens is 1. The normalized spacial score (nSPS) is 10.4. The standard InChI is InChI=1S/C10H7IN2O3S/c11-7-3-12-5-13(9(7)14)4-6-1-2-8(17-6)10(15)16/h1-3,5H,4H2,(H,15,16). The molecule has 0 unspecified atom stereocenters. The lowest BCUT2D eigenvalue weighted by molar-refractivity contribution is 0.0702. The fourth-order valence-corrected chi connectivity index (χ4v) is 2.60. The molecule has 2 aromatic heterocycles. The molecule has 0 saturated carbocycles. The second kappa shape index (κ2) is 4.96. The molecule has 0 bridgehead atoms. The average Bonchev–Trinajstić information content (AvgIpc) is 2.73. The Kier molecular flexibility index (Phi) is 3.57. The van der Waals surface area contributed by atoms with Crippen molar-refractivity contribution in [1.29, 1.82) is 0 Å². The summed E-state index contributed by atoms with van der Waals surface area (Å²) in [4.78, 5) is 27.4. The van der Waals surface area contributed by atoms with Crippen molar-refractivity contribution < 1.29 is 9.90 Å². The number of aromatic carboxylic acids is 1. The maximum absolute atomic E-state index is 11.7. The lowest BCUT2D eigenvalue weighted by atomic mass is 10.4. The van der Waals surface area contributed by atoms with Crippen LogP contribution in [0.1, 0.15) is 14.5 Å². The summed E-state index contributed by atoms with van der Waals surface area (Å²) >= 11 is 3.08.